The molecule has 2 rings (SSSR count). The van der Waals surface area contributed by atoms with Crippen LogP contribution in [-0.2, 0) is 9.53 Å². The second kappa shape index (κ2) is 7.10. The number of aliphatic hydroxyl groups is 1. The molecular formula is C14H25NO3. The Balaban J connectivity index is 1.59. The van der Waals surface area contributed by atoms with E-state index >= 15 is 0 Å². The zero-order chi connectivity index (χ0) is 12.8. The number of aliphatic hydroxyl groups excluding tert-OH is 1. The molecule has 1 aliphatic carbocycles. The number of ether oxygens (including phenoxy) is 1. The Morgan fingerprint density at radius 3 is 2.44 bits per heavy atom. The number of carbonyl (C=O) groups is 1. The van der Waals surface area contributed by atoms with Gasteiger partial charge in [-0.3, -0.25) is 4.79 Å². The smallest absolute Gasteiger partial charge is 0.220 e. The minimum absolute atomic E-state index is 0.152. The Labute approximate surface area is 109 Å². The lowest BCUT2D eigenvalue weighted by atomic mass is 9.92. The monoisotopic (exact) mass is 255 g/mol. The van der Waals surface area contributed by atoms with Crippen molar-refractivity contribution in [1.82, 2.24) is 5.32 Å². The normalized spacial score (nSPS) is 30.1. The van der Waals surface area contributed by atoms with Gasteiger partial charge < -0.3 is 15.2 Å². The van der Waals surface area contributed by atoms with Crippen molar-refractivity contribution in [3.63, 3.8) is 0 Å². The SMILES string of the molecule is O=C(CCC1CCOCC1)NC1CCC(O)CC1. The van der Waals surface area contributed by atoms with E-state index in [0.29, 0.717) is 12.3 Å². The van der Waals surface area contributed by atoms with E-state index in [1.54, 1.807) is 0 Å². The van der Waals surface area contributed by atoms with E-state index in [1.165, 1.54) is 0 Å². The van der Waals surface area contributed by atoms with E-state index in [1.807, 2.05) is 0 Å². The van der Waals surface area contributed by atoms with Crippen molar-refractivity contribution < 1.29 is 14.6 Å². The minimum Gasteiger partial charge on any atom is -0.393 e. The van der Waals surface area contributed by atoms with Gasteiger partial charge in [0, 0.05) is 25.7 Å². The maximum atomic E-state index is 11.8. The summed E-state index contributed by atoms with van der Waals surface area (Å²) >= 11 is 0. The zero-order valence-corrected chi connectivity index (χ0v) is 11.1. The van der Waals surface area contributed by atoms with Crippen LogP contribution in [0.4, 0.5) is 0 Å². The first-order chi connectivity index (χ1) is 8.74. The first-order valence-corrected chi connectivity index (χ1v) is 7.29. The van der Waals surface area contributed by atoms with Gasteiger partial charge >= 0.3 is 0 Å². The molecule has 1 aliphatic heterocycles. The summed E-state index contributed by atoms with van der Waals surface area (Å²) in [5.74, 6) is 0.848. The lowest BCUT2D eigenvalue weighted by Gasteiger charge is -2.27. The fraction of sp³-hybridized carbons (Fsp3) is 0.929. The molecule has 4 nitrogen and oxygen atoms in total. The molecule has 2 aliphatic rings. The lowest BCUT2D eigenvalue weighted by Crippen LogP contribution is -2.38. The van der Waals surface area contributed by atoms with Crippen LogP contribution in [0, 0.1) is 5.92 Å². The van der Waals surface area contributed by atoms with E-state index in [9.17, 15) is 9.90 Å². The van der Waals surface area contributed by atoms with Crippen molar-refractivity contribution in [1.29, 1.82) is 0 Å². The van der Waals surface area contributed by atoms with Crippen LogP contribution in [0.5, 0.6) is 0 Å². The number of nitrogens with one attached hydrogen (secondary N) is 1. The molecule has 0 bridgehead atoms. The standard InChI is InChI=1S/C14H25NO3/c16-13-4-2-12(3-5-13)15-14(17)6-1-11-7-9-18-10-8-11/h11-13,16H,1-10H2,(H,15,17). The highest BCUT2D eigenvalue weighted by atomic mass is 16.5. The van der Waals surface area contributed by atoms with Crippen molar-refractivity contribution >= 4 is 5.91 Å². The lowest BCUT2D eigenvalue weighted by molar-refractivity contribution is -0.122. The summed E-state index contributed by atoms with van der Waals surface area (Å²) in [6.45, 7) is 1.71. The maximum absolute atomic E-state index is 11.8. The highest BCUT2D eigenvalue weighted by Gasteiger charge is 2.21. The van der Waals surface area contributed by atoms with Gasteiger partial charge in [0.2, 0.25) is 5.91 Å². The highest BCUT2D eigenvalue weighted by molar-refractivity contribution is 5.76. The highest BCUT2D eigenvalue weighted by Crippen LogP contribution is 2.21. The molecule has 1 amide bonds. The van der Waals surface area contributed by atoms with E-state index < -0.39 is 0 Å². The van der Waals surface area contributed by atoms with E-state index in [4.69, 9.17) is 4.74 Å². The summed E-state index contributed by atoms with van der Waals surface area (Å²) in [6.07, 6.45) is 7.17. The Bertz CT molecular complexity index is 256. The van der Waals surface area contributed by atoms with Gasteiger partial charge in [-0.25, -0.2) is 0 Å². The van der Waals surface area contributed by atoms with Crippen molar-refractivity contribution in [3.05, 3.63) is 0 Å². The predicted molar refractivity (Wildman–Crippen MR) is 69.2 cm³/mol. The molecule has 1 saturated heterocycles. The van der Waals surface area contributed by atoms with Crippen molar-refractivity contribution in [2.24, 2.45) is 5.92 Å². The van der Waals surface area contributed by atoms with Crippen LogP contribution in [0.1, 0.15) is 51.4 Å². The molecule has 0 atom stereocenters. The van der Waals surface area contributed by atoms with Crippen LogP contribution >= 0.6 is 0 Å². The van der Waals surface area contributed by atoms with Crippen molar-refractivity contribution in [3.8, 4) is 0 Å². The molecule has 0 aromatic rings. The van der Waals surface area contributed by atoms with Gasteiger partial charge in [0.25, 0.3) is 0 Å². The molecule has 0 radical (unpaired) electrons. The average Bonchev–Trinajstić information content (AvgIpc) is 2.40. The number of amides is 1. The van der Waals surface area contributed by atoms with Crippen LogP contribution in [-0.4, -0.2) is 36.4 Å². The summed E-state index contributed by atoms with van der Waals surface area (Å²) in [4.78, 5) is 11.8. The molecule has 0 aromatic carbocycles. The molecule has 4 heteroatoms. The molecular weight excluding hydrogens is 230 g/mol. The number of hydrogen-bond donors (Lipinski definition) is 2. The Morgan fingerprint density at radius 1 is 1.11 bits per heavy atom. The van der Waals surface area contributed by atoms with Gasteiger partial charge in [0.1, 0.15) is 0 Å². The average molecular weight is 255 g/mol. The molecule has 1 saturated carbocycles. The Hall–Kier alpha value is -0.610. The van der Waals surface area contributed by atoms with Crippen LogP contribution in [0.25, 0.3) is 0 Å². The zero-order valence-electron chi connectivity index (χ0n) is 11.1. The molecule has 18 heavy (non-hydrogen) atoms. The fourth-order valence-electron chi connectivity index (χ4n) is 2.89. The summed E-state index contributed by atoms with van der Waals surface area (Å²) in [5, 5.41) is 12.5. The molecule has 2 fully saturated rings. The van der Waals surface area contributed by atoms with E-state index in [-0.39, 0.29) is 18.1 Å². The third kappa shape index (κ3) is 4.58. The number of carbonyl (C=O) groups excluding carboxylic acids is 1. The molecule has 1 heterocycles. The maximum Gasteiger partial charge on any atom is 0.220 e. The minimum atomic E-state index is -0.152. The van der Waals surface area contributed by atoms with Crippen LogP contribution in [0.2, 0.25) is 0 Å². The second-order valence-corrected chi connectivity index (χ2v) is 5.67. The van der Waals surface area contributed by atoms with Gasteiger partial charge in [0.05, 0.1) is 6.10 Å². The number of rotatable bonds is 4. The first-order valence-electron chi connectivity index (χ1n) is 7.29. The summed E-state index contributed by atoms with van der Waals surface area (Å²) in [6, 6.07) is 0.288. The third-order valence-corrected chi connectivity index (χ3v) is 4.18. The van der Waals surface area contributed by atoms with Crippen LogP contribution < -0.4 is 5.32 Å². The van der Waals surface area contributed by atoms with Gasteiger partial charge in [-0.1, -0.05) is 0 Å². The topological polar surface area (TPSA) is 58.6 Å². The molecule has 2 N–H and O–H groups in total. The van der Waals surface area contributed by atoms with Gasteiger partial charge in [-0.2, -0.15) is 0 Å². The third-order valence-electron chi connectivity index (χ3n) is 4.18. The number of hydrogen-bond acceptors (Lipinski definition) is 3. The molecule has 0 aromatic heterocycles. The quantitative estimate of drug-likeness (QED) is 0.802. The van der Waals surface area contributed by atoms with Gasteiger partial charge in [0.15, 0.2) is 0 Å². The van der Waals surface area contributed by atoms with E-state index in [2.05, 4.69) is 5.32 Å². The molecule has 0 spiro atoms. The van der Waals surface area contributed by atoms with Crippen molar-refractivity contribution in [2.45, 2.75) is 63.5 Å². The predicted octanol–water partition coefficient (Wildman–Crippen LogP) is 1.61. The Kier molecular flexibility index (Phi) is 5.45. The second-order valence-electron chi connectivity index (χ2n) is 5.67. The van der Waals surface area contributed by atoms with Gasteiger partial charge in [-0.05, 0) is 50.9 Å². The molecule has 104 valence electrons. The first kappa shape index (κ1) is 13.8. The van der Waals surface area contributed by atoms with E-state index in [0.717, 1.165) is 58.2 Å². The van der Waals surface area contributed by atoms with Gasteiger partial charge in [-0.15, -0.1) is 0 Å². The van der Waals surface area contributed by atoms with Crippen molar-refractivity contribution in [2.75, 3.05) is 13.2 Å². The van der Waals surface area contributed by atoms with Crippen LogP contribution in [0.3, 0.4) is 0 Å². The Morgan fingerprint density at radius 2 is 1.78 bits per heavy atom. The summed E-state index contributed by atoms with van der Waals surface area (Å²) < 4.78 is 5.31. The fourth-order valence-corrected chi connectivity index (χ4v) is 2.89. The van der Waals surface area contributed by atoms with Crippen LogP contribution in [0.15, 0.2) is 0 Å². The summed E-state index contributed by atoms with van der Waals surface area (Å²) in [7, 11) is 0. The largest absolute Gasteiger partial charge is 0.393 e. The summed E-state index contributed by atoms with van der Waals surface area (Å²) in [5.41, 5.74) is 0. The molecule has 0 unspecified atom stereocenters.